The van der Waals surface area contributed by atoms with Crippen LogP contribution in [-0.2, 0) is 35.5 Å². The molecular formula is C17H20ClN5O3. The molecule has 0 saturated heterocycles. The van der Waals surface area contributed by atoms with Gasteiger partial charge in [0.15, 0.2) is 0 Å². The molecule has 1 aromatic heterocycles. The van der Waals surface area contributed by atoms with Crippen molar-refractivity contribution in [3.05, 3.63) is 51.2 Å². The van der Waals surface area contributed by atoms with Crippen LogP contribution in [0.3, 0.4) is 0 Å². The second kappa shape index (κ2) is 8.18. The number of benzene rings is 1. The van der Waals surface area contributed by atoms with Crippen molar-refractivity contribution >= 4 is 23.4 Å². The van der Waals surface area contributed by atoms with Gasteiger partial charge < -0.3 is 0 Å². The molecule has 26 heavy (non-hydrogen) atoms. The average molecular weight is 378 g/mol. The van der Waals surface area contributed by atoms with Gasteiger partial charge in [-0.05, 0) is 30.5 Å². The molecule has 0 radical (unpaired) electrons. The first-order valence-corrected chi connectivity index (χ1v) is 8.89. The molecule has 8 nitrogen and oxygen atoms in total. The summed E-state index contributed by atoms with van der Waals surface area (Å²) in [5.74, 6) is -0.162. The fourth-order valence-electron chi connectivity index (χ4n) is 2.88. The number of hydrogen-bond donors (Lipinski definition) is 2. The standard InChI is InChI=1S/C17H20ClN5O3/c18-13-7-5-12(6-8-13)10-15(24)19-20-16(25)11-23-17(26)22-9-3-1-2-4-14(22)21-23/h5-8H,1-4,9-11H2,(H,19,24)(H,20,25). The van der Waals surface area contributed by atoms with E-state index in [2.05, 4.69) is 16.0 Å². The molecule has 0 saturated carbocycles. The topological polar surface area (TPSA) is 98.0 Å². The van der Waals surface area contributed by atoms with Crippen molar-refractivity contribution in [1.29, 1.82) is 0 Å². The number of carbonyl (C=O) groups is 2. The molecule has 1 aromatic carbocycles. The van der Waals surface area contributed by atoms with Crippen LogP contribution in [0.5, 0.6) is 0 Å². The van der Waals surface area contributed by atoms with E-state index in [0.717, 1.165) is 35.9 Å². The molecule has 3 rings (SSSR count). The van der Waals surface area contributed by atoms with E-state index in [-0.39, 0.29) is 24.6 Å². The van der Waals surface area contributed by atoms with Gasteiger partial charge in [0.1, 0.15) is 12.4 Å². The van der Waals surface area contributed by atoms with E-state index in [9.17, 15) is 14.4 Å². The molecule has 1 aliphatic heterocycles. The van der Waals surface area contributed by atoms with Crippen molar-refractivity contribution in [2.24, 2.45) is 0 Å². The monoisotopic (exact) mass is 377 g/mol. The SMILES string of the molecule is O=C(Cc1ccc(Cl)cc1)NNC(=O)Cn1nc2n(c1=O)CCCCC2. The van der Waals surface area contributed by atoms with Crippen molar-refractivity contribution in [2.45, 2.75) is 45.2 Å². The second-order valence-electron chi connectivity index (χ2n) is 6.22. The predicted molar refractivity (Wildman–Crippen MR) is 95.5 cm³/mol. The molecule has 0 bridgehead atoms. The first-order valence-electron chi connectivity index (χ1n) is 8.51. The van der Waals surface area contributed by atoms with Crippen molar-refractivity contribution < 1.29 is 9.59 Å². The second-order valence-corrected chi connectivity index (χ2v) is 6.65. The highest BCUT2D eigenvalue weighted by molar-refractivity contribution is 6.30. The summed E-state index contributed by atoms with van der Waals surface area (Å²) in [6, 6.07) is 6.86. The quantitative estimate of drug-likeness (QED) is 0.770. The van der Waals surface area contributed by atoms with Gasteiger partial charge in [0.05, 0.1) is 6.42 Å². The van der Waals surface area contributed by atoms with Gasteiger partial charge in [0.25, 0.3) is 5.91 Å². The predicted octanol–water partition coefficient (Wildman–Crippen LogP) is 0.815. The van der Waals surface area contributed by atoms with Crippen LogP contribution in [0.1, 0.15) is 30.7 Å². The van der Waals surface area contributed by atoms with Gasteiger partial charge in [-0.1, -0.05) is 30.2 Å². The molecule has 2 amide bonds. The molecule has 0 aliphatic carbocycles. The van der Waals surface area contributed by atoms with E-state index in [0.29, 0.717) is 17.4 Å². The van der Waals surface area contributed by atoms with Gasteiger partial charge in [0.2, 0.25) is 5.91 Å². The van der Waals surface area contributed by atoms with Crippen molar-refractivity contribution in [3.63, 3.8) is 0 Å². The van der Waals surface area contributed by atoms with Crippen molar-refractivity contribution in [3.8, 4) is 0 Å². The Morgan fingerprint density at radius 1 is 1.08 bits per heavy atom. The summed E-state index contributed by atoms with van der Waals surface area (Å²) >= 11 is 5.79. The fourth-order valence-corrected chi connectivity index (χ4v) is 3.00. The van der Waals surface area contributed by atoms with Gasteiger partial charge in [-0.3, -0.25) is 25.0 Å². The van der Waals surface area contributed by atoms with E-state index in [4.69, 9.17) is 11.6 Å². The maximum absolute atomic E-state index is 12.3. The number of fused-ring (bicyclic) bond motifs is 1. The Morgan fingerprint density at radius 3 is 2.58 bits per heavy atom. The zero-order valence-electron chi connectivity index (χ0n) is 14.2. The summed E-state index contributed by atoms with van der Waals surface area (Å²) in [6.07, 6.45) is 3.84. The number of halogens is 1. The zero-order valence-corrected chi connectivity index (χ0v) is 15.0. The van der Waals surface area contributed by atoms with Crippen LogP contribution < -0.4 is 16.5 Å². The minimum atomic E-state index is -0.509. The molecule has 2 heterocycles. The number of hydrogen-bond acceptors (Lipinski definition) is 4. The van der Waals surface area contributed by atoms with Gasteiger partial charge in [-0.2, -0.15) is 5.10 Å². The number of hydrazine groups is 1. The minimum Gasteiger partial charge on any atom is -0.279 e. The average Bonchev–Trinajstić information content (AvgIpc) is 2.78. The fraction of sp³-hybridized carbons (Fsp3) is 0.412. The summed E-state index contributed by atoms with van der Waals surface area (Å²) in [4.78, 5) is 36.2. The molecule has 0 spiro atoms. The molecule has 9 heteroatoms. The Bertz CT molecular complexity index is 856. The number of rotatable bonds is 4. The molecule has 2 N–H and O–H groups in total. The van der Waals surface area contributed by atoms with Crippen LogP contribution in [-0.4, -0.2) is 26.2 Å². The van der Waals surface area contributed by atoms with E-state index >= 15 is 0 Å². The highest BCUT2D eigenvalue weighted by Crippen LogP contribution is 2.10. The normalized spacial score (nSPS) is 13.6. The van der Waals surface area contributed by atoms with E-state index < -0.39 is 5.91 Å². The smallest absolute Gasteiger partial charge is 0.279 e. The number of aromatic nitrogens is 3. The highest BCUT2D eigenvalue weighted by Gasteiger charge is 2.17. The molecule has 0 atom stereocenters. The van der Waals surface area contributed by atoms with Gasteiger partial charge in [-0.15, -0.1) is 0 Å². The van der Waals surface area contributed by atoms with Crippen LogP contribution in [0.15, 0.2) is 29.1 Å². The number of nitrogens with one attached hydrogen (secondary N) is 2. The zero-order chi connectivity index (χ0) is 18.5. The summed E-state index contributed by atoms with van der Waals surface area (Å²) in [5, 5.41) is 4.82. The maximum atomic E-state index is 12.3. The summed E-state index contributed by atoms with van der Waals surface area (Å²) < 4.78 is 2.76. The van der Waals surface area contributed by atoms with E-state index in [1.54, 1.807) is 28.8 Å². The molecule has 2 aromatic rings. The Kier molecular flexibility index (Phi) is 5.72. The van der Waals surface area contributed by atoms with Crippen LogP contribution in [0.4, 0.5) is 0 Å². The van der Waals surface area contributed by atoms with Crippen LogP contribution in [0.2, 0.25) is 5.02 Å². The lowest BCUT2D eigenvalue weighted by Crippen LogP contribution is -2.45. The molecule has 0 fully saturated rings. The largest absolute Gasteiger partial charge is 0.346 e. The Hall–Kier alpha value is -2.61. The Morgan fingerprint density at radius 2 is 1.81 bits per heavy atom. The lowest BCUT2D eigenvalue weighted by atomic mass is 10.1. The summed E-state index contributed by atoms with van der Waals surface area (Å²) in [7, 11) is 0. The number of nitrogens with zero attached hydrogens (tertiary/aromatic N) is 3. The number of amides is 2. The van der Waals surface area contributed by atoms with Crippen molar-refractivity contribution in [1.82, 2.24) is 25.2 Å². The van der Waals surface area contributed by atoms with Crippen molar-refractivity contribution in [2.75, 3.05) is 0 Å². The number of carbonyl (C=O) groups excluding carboxylic acids is 2. The third-order valence-electron chi connectivity index (χ3n) is 4.19. The van der Waals surface area contributed by atoms with Crippen LogP contribution >= 0.6 is 11.6 Å². The lowest BCUT2D eigenvalue weighted by Gasteiger charge is -2.07. The number of aryl methyl sites for hydroxylation is 1. The van der Waals surface area contributed by atoms with Gasteiger partial charge in [0, 0.05) is 18.0 Å². The highest BCUT2D eigenvalue weighted by atomic mass is 35.5. The summed E-state index contributed by atoms with van der Waals surface area (Å²) in [6.45, 7) is 0.397. The maximum Gasteiger partial charge on any atom is 0.346 e. The van der Waals surface area contributed by atoms with E-state index in [1.807, 2.05) is 0 Å². The Balaban J connectivity index is 1.52. The Labute approximate surface area is 155 Å². The first-order chi connectivity index (χ1) is 12.5. The van der Waals surface area contributed by atoms with Crippen LogP contribution in [0.25, 0.3) is 0 Å². The summed E-state index contributed by atoms with van der Waals surface area (Å²) in [5.41, 5.74) is 5.13. The van der Waals surface area contributed by atoms with Gasteiger partial charge in [-0.25, -0.2) is 9.48 Å². The third-order valence-corrected chi connectivity index (χ3v) is 4.45. The van der Waals surface area contributed by atoms with Crippen LogP contribution in [0, 0.1) is 0 Å². The van der Waals surface area contributed by atoms with E-state index in [1.165, 1.54) is 0 Å². The molecule has 0 unspecified atom stereocenters. The molecular weight excluding hydrogens is 358 g/mol. The molecule has 1 aliphatic rings. The van der Waals surface area contributed by atoms with Gasteiger partial charge >= 0.3 is 5.69 Å². The third kappa shape index (κ3) is 4.51. The first kappa shape index (κ1) is 18.2. The lowest BCUT2D eigenvalue weighted by molar-refractivity contribution is -0.129. The molecule has 138 valence electrons. The minimum absolute atomic E-state index is 0.107.